The molecule has 0 bridgehead atoms. The Morgan fingerprint density at radius 2 is 1.79 bits per heavy atom. The second kappa shape index (κ2) is 9.64. The van der Waals surface area contributed by atoms with Gasteiger partial charge in [-0.2, -0.15) is 0 Å². The lowest BCUT2D eigenvalue weighted by molar-refractivity contribution is -0.131. The van der Waals surface area contributed by atoms with E-state index in [0.717, 1.165) is 36.5 Å². The molecule has 6 heteroatoms. The Labute approximate surface area is 177 Å². The van der Waals surface area contributed by atoms with Gasteiger partial charge in [0.1, 0.15) is 5.75 Å². The number of likely N-dealkylation sites (N-methyl/N-ethyl adjacent to an activating group) is 1. The second-order valence-electron chi connectivity index (χ2n) is 7.23. The smallest absolute Gasteiger partial charge is 0.227 e. The van der Waals surface area contributed by atoms with Crippen molar-refractivity contribution >= 4 is 29.1 Å². The van der Waals surface area contributed by atoms with Crippen LogP contribution in [0.4, 0.5) is 0 Å². The molecule has 0 saturated carbocycles. The molecule has 0 spiro atoms. The van der Waals surface area contributed by atoms with E-state index >= 15 is 0 Å². The van der Waals surface area contributed by atoms with Crippen LogP contribution in [0.2, 0.25) is 10.0 Å². The summed E-state index contributed by atoms with van der Waals surface area (Å²) in [6.07, 6.45) is 2.73. The van der Waals surface area contributed by atoms with Crippen LogP contribution in [0.3, 0.4) is 0 Å². The first kappa shape index (κ1) is 21.0. The highest BCUT2D eigenvalue weighted by molar-refractivity contribution is 6.42. The van der Waals surface area contributed by atoms with Crippen LogP contribution in [0.15, 0.2) is 42.5 Å². The summed E-state index contributed by atoms with van der Waals surface area (Å²) < 4.78 is 5.28. The van der Waals surface area contributed by atoms with E-state index in [-0.39, 0.29) is 11.9 Å². The fraction of sp³-hybridized carbons (Fsp3) is 0.409. The minimum atomic E-state index is -0.0146. The van der Waals surface area contributed by atoms with E-state index in [2.05, 4.69) is 4.90 Å². The zero-order chi connectivity index (χ0) is 20.1. The molecular formula is C22H26Cl2N2O2. The maximum atomic E-state index is 13.0. The van der Waals surface area contributed by atoms with Crippen molar-refractivity contribution in [3.8, 4) is 5.75 Å². The van der Waals surface area contributed by atoms with Crippen LogP contribution in [0.5, 0.6) is 5.75 Å². The monoisotopic (exact) mass is 420 g/mol. The molecule has 150 valence electrons. The van der Waals surface area contributed by atoms with E-state index in [9.17, 15) is 4.79 Å². The van der Waals surface area contributed by atoms with Crippen LogP contribution in [-0.2, 0) is 11.2 Å². The van der Waals surface area contributed by atoms with Gasteiger partial charge in [0.2, 0.25) is 5.91 Å². The molecule has 4 nitrogen and oxygen atoms in total. The highest BCUT2D eigenvalue weighted by atomic mass is 35.5. The molecule has 1 fully saturated rings. The van der Waals surface area contributed by atoms with E-state index < -0.39 is 0 Å². The summed E-state index contributed by atoms with van der Waals surface area (Å²) in [5.74, 6) is 0.867. The van der Waals surface area contributed by atoms with E-state index in [1.54, 1.807) is 19.2 Å². The second-order valence-corrected chi connectivity index (χ2v) is 8.04. The molecule has 2 aromatic rings. The molecule has 1 heterocycles. The number of amides is 1. The Bertz CT molecular complexity index is 805. The zero-order valence-electron chi connectivity index (χ0n) is 16.3. The van der Waals surface area contributed by atoms with Gasteiger partial charge < -0.3 is 14.5 Å². The van der Waals surface area contributed by atoms with Gasteiger partial charge in [0.25, 0.3) is 0 Å². The highest BCUT2D eigenvalue weighted by Crippen LogP contribution is 2.27. The summed E-state index contributed by atoms with van der Waals surface area (Å²) in [6, 6.07) is 13.3. The number of methoxy groups -OCH3 is 1. The zero-order valence-corrected chi connectivity index (χ0v) is 17.8. The molecule has 1 atom stereocenters. The minimum absolute atomic E-state index is 0.0146. The molecule has 3 rings (SSSR count). The number of halogens is 2. The van der Waals surface area contributed by atoms with Crippen molar-refractivity contribution in [1.82, 2.24) is 9.80 Å². The van der Waals surface area contributed by atoms with Gasteiger partial charge in [-0.05, 0) is 61.3 Å². The summed E-state index contributed by atoms with van der Waals surface area (Å²) in [6.45, 7) is 3.00. The third-order valence-corrected chi connectivity index (χ3v) is 6.07. The van der Waals surface area contributed by atoms with Crippen LogP contribution in [0, 0.1) is 0 Å². The summed E-state index contributed by atoms with van der Waals surface area (Å²) in [7, 11) is 3.54. The topological polar surface area (TPSA) is 32.8 Å². The summed E-state index contributed by atoms with van der Waals surface area (Å²) in [5.41, 5.74) is 1.97. The fourth-order valence-corrected chi connectivity index (χ4v) is 3.93. The highest BCUT2D eigenvalue weighted by Gasteiger charge is 2.25. The molecule has 1 unspecified atom stereocenters. The lowest BCUT2D eigenvalue weighted by Crippen LogP contribution is -2.39. The predicted octanol–water partition coefficient (Wildman–Crippen LogP) is 4.84. The van der Waals surface area contributed by atoms with Crippen molar-refractivity contribution in [3.63, 3.8) is 0 Å². The number of rotatable bonds is 7. The standard InChI is InChI=1S/C22H26Cl2N2O2/c1-25(22(27)14-16-5-10-19(23)20(24)13-16)21(15-26-11-3-4-12-26)17-6-8-18(28-2)9-7-17/h5-10,13,21H,3-4,11-12,14-15H2,1-2H3. The lowest BCUT2D eigenvalue weighted by Gasteiger charge is -2.32. The first-order valence-electron chi connectivity index (χ1n) is 9.54. The van der Waals surface area contributed by atoms with Crippen molar-refractivity contribution in [1.29, 1.82) is 0 Å². The van der Waals surface area contributed by atoms with E-state index in [1.165, 1.54) is 12.8 Å². The number of likely N-dealkylation sites (tertiary alicyclic amines) is 1. The average Bonchev–Trinajstić information content (AvgIpc) is 3.22. The van der Waals surface area contributed by atoms with Crippen molar-refractivity contribution in [2.75, 3.05) is 33.8 Å². The van der Waals surface area contributed by atoms with Gasteiger partial charge in [-0.25, -0.2) is 0 Å². The third-order valence-electron chi connectivity index (χ3n) is 5.33. The molecule has 0 N–H and O–H groups in total. The van der Waals surface area contributed by atoms with Crippen LogP contribution >= 0.6 is 23.2 Å². The van der Waals surface area contributed by atoms with Gasteiger partial charge in [0.05, 0.1) is 29.6 Å². The molecule has 0 aromatic heterocycles. The Kier molecular flexibility index (Phi) is 7.22. The number of hydrogen-bond donors (Lipinski definition) is 0. The van der Waals surface area contributed by atoms with Gasteiger partial charge in [-0.15, -0.1) is 0 Å². The molecule has 1 aliphatic rings. The maximum absolute atomic E-state index is 13.0. The maximum Gasteiger partial charge on any atom is 0.227 e. The summed E-state index contributed by atoms with van der Waals surface area (Å²) in [4.78, 5) is 17.3. The van der Waals surface area contributed by atoms with Gasteiger partial charge in [0, 0.05) is 13.6 Å². The molecule has 1 amide bonds. The molecule has 1 aliphatic heterocycles. The fourth-order valence-electron chi connectivity index (χ4n) is 3.61. The predicted molar refractivity (Wildman–Crippen MR) is 114 cm³/mol. The van der Waals surface area contributed by atoms with E-state index in [4.69, 9.17) is 27.9 Å². The number of carbonyl (C=O) groups excluding carboxylic acids is 1. The lowest BCUT2D eigenvalue weighted by atomic mass is 10.0. The van der Waals surface area contributed by atoms with Crippen LogP contribution < -0.4 is 4.74 Å². The molecule has 2 aromatic carbocycles. The first-order chi connectivity index (χ1) is 13.5. The number of carbonyl (C=O) groups is 1. The average molecular weight is 421 g/mol. The number of benzene rings is 2. The summed E-state index contributed by atoms with van der Waals surface area (Å²) >= 11 is 12.1. The van der Waals surface area contributed by atoms with Crippen molar-refractivity contribution in [2.24, 2.45) is 0 Å². The van der Waals surface area contributed by atoms with Crippen LogP contribution in [-0.4, -0.2) is 49.5 Å². The largest absolute Gasteiger partial charge is 0.497 e. The van der Waals surface area contributed by atoms with Crippen LogP contribution in [0.25, 0.3) is 0 Å². The Morgan fingerprint density at radius 3 is 2.39 bits per heavy atom. The summed E-state index contributed by atoms with van der Waals surface area (Å²) in [5, 5.41) is 0.967. The van der Waals surface area contributed by atoms with E-state index in [1.807, 2.05) is 42.3 Å². The normalized spacial score (nSPS) is 15.4. The molecule has 0 aliphatic carbocycles. The molecule has 0 radical (unpaired) electrons. The molecule has 28 heavy (non-hydrogen) atoms. The SMILES string of the molecule is COc1ccc(C(CN2CCCC2)N(C)C(=O)Cc2ccc(Cl)c(Cl)c2)cc1. The quantitative estimate of drug-likeness (QED) is 0.642. The van der Waals surface area contributed by atoms with E-state index in [0.29, 0.717) is 16.5 Å². The molecule has 1 saturated heterocycles. The Balaban J connectivity index is 1.78. The molecular weight excluding hydrogens is 395 g/mol. The van der Waals surface area contributed by atoms with Crippen molar-refractivity contribution in [2.45, 2.75) is 25.3 Å². The number of nitrogens with zero attached hydrogens (tertiary/aromatic N) is 2. The van der Waals surface area contributed by atoms with Crippen molar-refractivity contribution < 1.29 is 9.53 Å². The third kappa shape index (κ3) is 5.19. The number of hydrogen-bond acceptors (Lipinski definition) is 3. The Hall–Kier alpha value is -1.75. The minimum Gasteiger partial charge on any atom is -0.497 e. The van der Waals surface area contributed by atoms with Gasteiger partial charge in [-0.1, -0.05) is 41.4 Å². The van der Waals surface area contributed by atoms with Crippen molar-refractivity contribution in [3.05, 3.63) is 63.6 Å². The first-order valence-corrected chi connectivity index (χ1v) is 10.3. The van der Waals surface area contributed by atoms with Gasteiger partial charge >= 0.3 is 0 Å². The Morgan fingerprint density at radius 1 is 1.11 bits per heavy atom. The van der Waals surface area contributed by atoms with Gasteiger partial charge in [-0.3, -0.25) is 4.79 Å². The van der Waals surface area contributed by atoms with Gasteiger partial charge in [0.15, 0.2) is 0 Å². The number of ether oxygens (including phenoxy) is 1. The van der Waals surface area contributed by atoms with Crippen LogP contribution in [0.1, 0.15) is 30.0 Å².